The van der Waals surface area contributed by atoms with E-state index >= 15 is 0 Å². The highest BCUT2D eigenvalue weighted by Crippen LogP contribution is 2.36. The smallest absolute Gasteiger partial charge is 0.339 e. The molecule has 1 N–H and O–H groups in total. The number of carboxylic acids is 1. The molecule has 0 amide bonds. The molecule has 0 heterocycles. The monoisotopic (exact) mass is 312 g/mol. The van der Waals surface area contributed by atoms with Crippen LogP contribution in [-0.2, 0) is 9.53 Å². The van der Waals surface area contributed by atoms with Crippen molar-refractivity contribution >= 4 is 11.9 Å². The van der Waals surface area contributed by atoms with Gasteiger partial charge in [0, 0.05) is 18.6 Å². The highest BCUT2D eigenvalue weighted by atomic mass is 19.1. The lowest BCUT2D eigenvalue weighted by Crippen LogP contribution is -2.35. The minimum atomic E-state index is -1.22. The average molecular weight is 312 g/mol. The number of benzene rings is 1. The normalized spacial score (nSPS) is 20.0. The van der Waals surface area contributed by atoms with Gasteiger partial charge < -0.3 is 19.3 Å². The van der Waals surface area contributed by atoms with E-state index in [1.807, 2.05) is 0 Å². The van der Waals surface area contributed by atoms with Crippen molar-refractivity contribution in [2.45, 2.75) is 25.4 Å². The number of ether oxygens (including phenoxy) is 3. The molecule has 1 saturated carbocycles. The van der Waals surface area contributed by atoms with Gasteiger partial charge in [-0.1, -0.05) is 0 Å². The Labute approximate surface area is 126 Å². The summed E-state index contributed by atoms with van der Waals surface area (Å²) in [6.07, 6.45) is 1.27. The van der Waals surface area contributed by atoms with Crippen molar-refractivity contribution < 1.29 is 33.3 Å². The second kappa shape index (κ2) is 6.64. The fourth-order valence-electron chi connectivity index (χ4n) is 2.40. The van der Waals surface area contributed by atoms with E-state index in [4.69, 9.17) is 14.6 Å². The highest BCUT2D eigenvalue weighted by Gasteiger charge is 2.33. The van der Waals surface area contributed by atoms with E-state index in [1.165, 1.54) is 14.2 Å². The molecule has 1 aliphatic carbocycles. The molecule has 0 aliphatic heterocycles. The molecular weight excluding hydrogens is 295 g/mol. The third-order valence-corrected chi connectivity index (χ3v) is 3.65. The third-order valence-electron chi connectivity index (χ3n) is 3.65. The highest BCUT2D eigenvalue weighted by molar-refractivity contribution is 5.91. The van der Waals surface area contributed by atoms with E-state index in [-0.39, 0.29) is 35.1 Å². The fourth-order valence-corrected chi connectivity index (χ4v) is 2.40. The van der Waals surface area contributed by atoms with E-state index in [1.54, 1.807) is 0 Å². The van der Waals surface area contributed by atoms with Gasteiger partial charge in [0.05, 0.1) is 20.3 Å². The van der Waals surface area contributed by atoms with E-state index in [2.05, 4.69) is 4.74 Å². The molecule has 0 bridgehead atoms. The van der Waals surface area contributed by atoms with Crippen molar-refractivity contribution in [3.63, 3.8) is 0 Å². The molecule has 0 saturated heterocycles. The van der Waals surface area contributed by atoms with E-state index in [9.17, 15) is 14.0 Å². The number of carboxylic acid groups (broad SMARTS) is 1. The van der Waals surface area contributed by atoms with Crippen LogP contribution in [0.1, 0.15) is 29.6 Å². The van der Waals surface area contributed by atoms with Gasteiger partial charge in [-0.05, 0) is 18.8 Å². The average Bonchev–Trinajstić information content (AvgIpc) is 2.45. The molecule has 0 unspecified atom stereocenters. The zero-order valence-corrected chi connectivity index (χ0v) is 12.3. The van der Waals surface area contributed by atoms with Crippen LogP contribution < -0.4 is 9.47 Å². The van der Waals surface area contributed by atoms with Gasteiger partial charge in [-0.25, -0.2) is 9.18 Å². The van der Waals surface area contributed by atoms with Crippen molar-refractivity contribution in [1.29, 1.82) is 0 Å². The summed E-state index contributed by atoms with van der Waals surface area (Å²) >= 11 is 0. The predicted molar refractivity (Wildman–Crippen MR) is 73.7 cm³/mol. The number of halogens is 1. The Hall–Kier alpha value is -2.31. The second-order valence-corrected chi connectivity index (χ2v) is 5.15. The molecule has 1 fully saturated rings. The summed E-state index contributed by atoms with van der Waals surface area (Å²) in [7, 11) is 2.60. The maximum Gasteiger partial charge on any atom is 0.339 e. The lowest BCUT2D eigenvalue weighted by atomic mass is 9.80. The summed E-state index contributed by atoms with van der Waals surface area (Å²) in [5, 5.41) is 9.08. The number of methoxy groups -OCH3 is 2. The summed E-state index contributed by atoms with van der Waals surface area (Å²) in [6, 6.07) is 2.10. The van der Waals surface area contributed by atoms with Crippen LogP contribution in [0, 0.1) is 11.7 Å². The van der Waals surface area contributed by atoms with Crippen LogP contribution in [0.5, 0.6) is 11.5 Å². The van der Waals surface area contributed by atoms with Crippen LogP contribution in [0.4, 0.5) is 4.39 Å². The van der Waals surface area contributed by atoms with Gasteiger partial charge in [-0.2, -0.15) is 0 Å². The predicted octanol–water partition coefficient (Wildman–Crippen LogP) is 2.25. The van der Waals surface area contributed by atoms with Crippen molar-refractivity contribution in [1.82, 2.24) is 0 Å². The fraction of sp³-hybridized carbons (Fsp3) is 0.467. The van der Waals surface area contributed by atoms with Gasteiger partial charge in [0.25, 0.3) is 0 Å². The molecule has 1 aliphatic rings. The zero-order valence-electron chi connectivity index (χ0n) is 12.3. The first-order valence-electron chi connectivity index (χ1n) is 6.78. The Morgan fingerprint density at radius 3 is 2.50 bits per heavy atom. The van der Waals surface area contributed by atoms with Crippen LogP contribution in [0.2, 0.25) is 0 Å². The minimum absolute atomic E-state index is 0.0606. The summed E-state index contributed by atoms with van der Waals surface area (Å²) in [5.74, 6) is -2.23. The van der Waals surface area contributed by atoms with Crippen molar-refractivity contribution in [3.8, 4) is 11.5 Å². The van der Waals surface area contributed by atoms with Gasteiger partial charge >= 0.3 is 11.9 Å². The SMILES string of the molecule is COC(=O)CC1CC(Oc2cc(C(=O)O)c(OC)cc2F)C1. The first kappa shape index (κ1) is 16.1. The molecule has 2 rings (SSSR count). The van der Waals surface area contributed by atoms with E-state index < -0.39 is 11.8 Å². The first-order chi connectivity index (χ1) is 10.4. The summed E-state index contributed by atoms with van der Waals surface area (Å²) in [5.41, 5.74) is -0.163. The molecule has 0 spiro atoms. The number of carbonyl (C=O) groups excluding carboxylic acids is 1. The molecule has 120 valence electrons. The first-order valence-corrected chi connectivity index (χ1v) is 6.78. The molecule has 0 aromatic heterocycles. The van der Waals surface area contributed by atoms with Crippen molar-refractivity contribution in [3.05, 3.63) is 23.5 Å². The van der Waals surface area contributed by atoms with Crippen LogP contribution in [0.3, 0.4) is 0 Å². The Balaban J connectivity index is 2.01. The van der Waals surface area contributed by atoms with Crippen LogP contribution >= 0.6 is 0 Å². The van der Waals surface area contributed by atoms with E-state index in [0.717, 1.165) is 12.1 Å². The van der Waals surface area contributed by atoms with Crippen LogP contribution in [-0.4, -0.2) is 37.4 Å². The zero-order chi connectivity index (χ0) is 16.3. The summed E-state index contributed by atoms with van der Waals surface area (Å²) < 4.78 is 28.8. The lowest BCUT2D eigenvalue weighted by Gasteiger charge is -2.34. The molecule has 7 heteroatoms. The quantitative estimate of drug-likeness (QED) is 0.811. The van der Waals surface area contributed by atoms with Gasteiger partial charge in [-0.15, -0.1) is 0 Å². The number of aromatic carboxylic acids is 1. The van der Waals surface area contributed by atoms with Gasteiger partial charge in [-0.3, -0.25) is 4.79 Å². The number of hydrogen-bond acceptors (Lipinski definition) is 5. The van der Waals surface area contributed by atoms with Crippen molar-refractivity contribution in [2.75, 3.05) is 14.2 Å². The topological polar surface area (TPSA) is 82.1 Å². The molecule has 1 aromatic rings. The summed E-state index contributed by atoms with van der Waals surface area (Å²) in [6.45, 7) is 0. The molecule has 22 heavy (non-hydrogen) atoms. The number of esters is 1. The van der Waals surface area contributed by atoms with E-state index in [0.29, 0.717) is 19.3 Å². The number of carbonyl (C=O) groups is 2. The molecule has 6 nitrogen and oxygen atoms in total. The number of rotatable bonds is 6. The Morgan fingerprint density at radius 1 is 1.27 bits per heavy atom. The molecule has 0 radical (unpaired) electrons. The minimum Gasteiger partial charge on any atom is -0.496 e. The van der Waals surface area contributed by atoms with Crippen LogP contribution in [0.15, 0.2) is 12.1 Å². The Morgan fingerprint density at radius 2 is 1.95 bits per heavy atom. The van der Waals surface area contributed by atoms with Crippen molar-refractivity contribution in [2.24, 2.45) is 5.92 Å². The molecule has 0 atom stereocenters. The number of hydrogen-bond donors (Lipinski definition) is 1. The van der Waals surface area contributed by atoms with Gasteiger partial charge in [0.15, 0.2) is 11.6 Å². The maximum atomic E-state index is 13.9. The summed E-state index contributed by atoms with van der Waals surface area (Å²) in [4.78, 5) is 22.2. The lowest BCUT2D eigenvalue weighted by molar-refractivity contribution is -0.143. The maximum absolute atomic E-state index is 13.9. The largest absolute Gasteiger partial charge is 0.496 e. The Bertz CT molecular complexity index is 580. The van der Waals surface area contributed by atoms with Gasteiger partial charge in [0.1, 0.15) is 11.3 Å². The standard InChI is InChI=1S/C15H17FO6/c1-20-12-7-11(16)13(6-10(12)15(18)19)22-9-3-8(4-9)5-14(17)21-2/h6-9H,3-5H2,1-2H3,(H,18,19). The third kappa shape index (κ3) is 3.47. The Kier molecular flexibility index (Phi) is 4.85. The van der Waals surface area contributed by atoms with Gasteiger partial charge in [0.2, 0.25) is 0 Å². The molecule has 1 aromatic carbocycles. The molecular formula is C15H17FO6. The van der Waals surface area contributed by atoms with Crippen LogP contribution in [0.25, 0.3) is 0 Å². The second-order valence-electron chi connectivity index (χ2n) is 5.15.